The van der Waals surface area contributed by atoms with E-state index in [1.165, 1.54) is 42.5 Å². The van der Waals surface area contributed by atoms with Gasteiger partial charge in [-0.05, 0) is 48.1 Å². The molecule has 6 nitrogen and oxygen atoms in total. The molecule has 0 spiro atoms. The van der Waals surface area contributed by atoms with Gasteiger partial charge in [0.05, 0.1) is 5.54 Å². The molecule has 3 rings (SSSR count). The van der Waals surface area contributed by atoms with Crippen LogP contribution in [-0.4, -0.2) is 40.0 Å². The molecule has 1 amide bonds. The van der Waals surface area contributed by atoms with Crippen molar-refractivity contribution in [2.75, 3.05) is 0 Å². The Morgan fingerprint density at radius 2 is 1.79 bits per heavy atom. The molecule has 0 aliphatic heterocycles. The second-order valence-electron chi connectivity index (χ2n) is 7.11. The molecule has 0 bridgehead atoms. The normalized spacial score (nSPS) is 16.4. The highest BCUT2D eigenvalue weighted by Gasteiger charge is 2.42. The highest BCUT2D eigenvalue weighted by atomic mass is 19.1. The molecule has 28 heavy (non-hydrogen) atoms. The summed E-state index contributed by atoms with van der Waals surface area (Å²) in [6.45, 7) is 0. The summed E-state index contributed by atoms with van der Waals surface area (Å²) in [5.74, 6) is -0.891. The topological polar surface area (TPSA) is 107 Å². The van der Waals surface area contributed by atoms with E-state index in [4.69, 9.17) is 0 Å². The number of hydrogen-bond acceptors (Lipinski definition) is 5. The third-order valence-corrected chi connectivity index (χ3v) is 5.32. The Morgan fingerprint density at radius 1 is 1.14 bits per heavy atom. The summed E-state index contributed by atoms with van der Waals surface area (Å²) in [5.41, 5.74) is -0.207. The van der Waals surface area contributed by atoms with E-state index in [1.807, 2.05) is 0 Å². The number of benzene rings is 2. The van der Waals surface area contributed by atoms with Crippen molar-refractivity contribution in [2.24, 2.45) is 0 Å². The van der Waals surface area contributed by atoms with Gasteiger partial charge < -0.3 is 20.5 Å². The van der Waals surface area contributed by atoms with E-state index in [0.717, 1.165) is 12.8 Å². The molecule has 2 aromatic carbocycles. The van der Waals surface area contributed by atoms with Gasteiger partial charge in [0.25, 0.3) is 5.91 Å². The summed E-state index contributed by atoms with van der Waals surface area (Å²) in [4.78, 5) is 24.0. The molecule has 1 unspecified atom stereocenters. The van der Waals surface area contributed by atoms with Crippen LogP contribution in [0.15, 0.2) is 42.5 Å². The van der Waals surface area contributed by atoms with Gasteiger partial charge in [0.1, 0.15) is 18.2 Å². The Hall–Kier alpha value is -2.55. The number of nitrogens with one attached hydrogen (secondary N) is 1. The monoisotopic (exact) mass is 385 g/mol. The first-order valence-electron chi connectivity index (χ1n) is 9.07. The quantitative estimate of drug-likeness (QED) is 0.440. The molecular weight excluding hydrogens is 364 g/mol. The molecule has 1 aliphatic rings. The SMILES string of the molecule is O=Cc1cc(C(=O)NC2(C(O)c3ccc(F)cc3)CCCC2)ccc1B(O)O. The number of rotatable bonds is 6. The number of hydrogen-bond donors (Lipinski definition) is 4. The number of amides is 1. The van der Waals surface area contributed by atoms with Crippen molar-refractivity contribution in [3.8, 4) is 0 Å². The first-order valence-corrected chi connectivity index (χ1v) is 9.07. The molecule has 1 aliphatic carbocycles. The van der Waals surface area contributed by atoms with Gasteiger partial charge >= 0.3 is 7.12 Å². The highest BCUT2D eigenvalue weighted by molar-refractivity contribution is 6.60. The zero-order valence-corrected chi connectivity index (χ0v) is 15.1. The standard InChI is InChI=1S/C20H21BFNO5/c22-16-6-3-13(4-7-16)18(25)20(9-1-2-10-20)23-19(26)14-5-8-17(21(27)28)15(11-14)12-24/h3-8,11-12,18,25,27-28H,1-2,9-10H2,(H,23,26). The van der Waals surface area contributed by atoms with Crippen LogP contribution >= 0.6 is 0 Å². The summed E-state index contributed by atoms with van der Waals surface area (Å²) in [6, 6.07) is 9.49. The van der Waals surface area contributed by atoms with Gasteiger partial charge in [0, 0.05) is 11.1 Å². The Morgan fingerprint density at radius 3 is 2.36 bits per heavy atom. The Balaban J connectivity index is 1.87. The summed E-state index contributed by atoms with van der Waals surface area (Å²) in [7, 11) is -1.82. The zero-order chi connectivity index (χ0) is 20.3. The van der Waals surface area contributed by atoms with Crippen molar-refractivity contribution in [1.82, 2.24) is 5.32 Å². The predicted octanol–water partition coefficient (Wildman–Crippen LogP) is 1.09. The van der Waals surface area contributed by atoms with Gasteiger partial charge in [-0.1, -0.05) is 31.0 Å². The fourth-order valence-electron chi connectivity index (χ4n) is 3.79. The van der Waals surface area contributed by atoms with E-state index in [9.17, 15) is 29.1 Å². The maximum atomic E-state index is 13.2. The van der Waals surface area contributed by atoms with E-state index < -0.39 is 30.5 Å². The van der Waals surface area contributed by atoms with Gasteiger partial charge in [-0.15, -0.1) is 0 Å². The van der Waals surface area contributed by atoms with E-state index in [2.05, 4.69) is 5.32 Å². The number of carbonyl (C=O) groups excluding carboxylic acids is 2. The van der Waals surface area contributed by atoms with Gasteiger partial charge in [0.2, 0.25) is 0 Å². The fourth-order valence-corrected chi connectivity index (χ4v) is 3.79. The molecule has 0 heterocycles. The minimum Gasteiger partial charge on any atom is -0.423 e. The Labute approximate surface area is 162 Å². The lowest BCUT2D eigenvalue weighted by molar-refractivity contribution is 0.0514. The number of aliphatic hydroxyl groups excluding tert-OH is 1. The van der Waals surface area contributed by atoms with Crippen LogP contribution in [0, 0.1) is 5.82 Å². The summed E-state index contributed by atoms with van der Waals surface area (Å²) in [5, 5.41) is 32.4. The molecule has 1 fully saturated rings. The van der Waals surface area contributed by atoms with Crippen molar-refractivity contribution in [3.05, 3.63) is 65.0 Å². The van der Waals surface area contributed by atoms with Crippen molar-refractivity contribution < 1.29 is 29.1 Å². The summed E-state index contributed by atoms with van der Waals surface area (Å²) >= 11 is 0. The van der Waals surface area contributed by atoms with Crippen LogP contribution in [0.4, 0.5) is 4.39 Å². The second-order valence-corrected chi connectivity index (χ2v) is 7.11. The van der Waals surface area contributed by atoms with Crippen molar-refractivity contribution >= 4 is 24.8 Å². The van der Waals surface area contributed by atoms with Gasteiger partial charge in [0.15, 0.2) is 0 Å². The fraction of sp³-hybridized carbons (Fsp3) is 0.300. The molecule has 1 atom stereocenters. The maximum absolute atomic E-state index is 13.2. The molecule has 1 saturated carbocycles. The lowest BCUT2D eigenvalue weighted by Crippen LogP contribution is -2.51. The van der Waals surface area contributed by atoms with Gasteiger partial charge in [-0.3, -0.25) is 9.59 Å². The van der Waals surface area contributed by atoms with Crippen LogP contribution in [0.1, 0.15) is 58.1 Å². The zero-order valence-electron chi connectivity index (χ0n) is 15.1. The lowest BCUT2D eigenvalue weighted by Gasteiger charge is -2.35. The van der Waals surface area contributed by atoms with Crippen LogP contribution in [0.5, 0.6) is 0 Å². The highest BCUT2D eigenvalue weighted by Crippen LogP contribution is 2.40. The van der Waals surface area contributed by atoms with E-state index in [-0.39, 0.29) is 16.6 Å². The molecule has 8 heteroatoms. The average molecular weight is 385 g/mol. The lowest BCUT2D eigenvalue weighted by atomic mass is 9.76. The van der Waals surface area contributed by atoms with Gasteiger partial charge in [-0.25, -0.2) is 4.39 Å². The molecule has 4 N–H and O–H groups in total. The summed E-state index contributed by atoms with van der Waals surface area (Å²) in [6.07, 6.45) is 2.21. The number of aldehydes is 1. The minimum absolute atomic E-state index is 0.00204. The largest absolute Gasteiger partial charge is 0.489 e. The van der Waals surface area contributed by atoms with E-state index >= 15 is 0 Å². The van der Waals surface area contributed by atoms with E-state index in [0.29, 0.717) is 24.7 Å². The Kier molecular flexibility index (Phi) is 5.93. The van der Waals surface area contributed by atoms with Crippen LogP contribution in [-0.2, 0) is 0 Å². The first-order chi connectivity index (χ1) is 13.4. The van der Waals surface area contributed by atoms with Crippen molar-refractivity contribution in [1.29, 1.82) is 0 Å². The maximum Gasteiger partial charge on any atom is 0.489 e. The molecule has 0 radical (unpaired) electrons. The third-order valence-electron chi connectivity index (χ3n) is 5.32. The molecular formula is C20H21BFNO5. The van der Waals surface area contributed by atoms with Crippen LogP contribution in [0.25, 0.3) is 0 Å². The molecule has 146 valence electrons. The first kappa shape index (κ1) is 20.2. The van der Waals surface area contributed by atoms with Crippen LogP contribution < -0.4 is 10.8 Å². The number of aliphatic hydroxyl groups is 1. The van der Waals surface area contributed by atoms with Crippen molar-refractivity contribution in [2.45, 2.75) is 37.3 Å². The molecule has 0 saturated heterocycles. The molecule has 0 aromatic heterocycles. The summed E-state index contributed by atoms with van der Waals surface area (Å²) < 4.78 is 13.2. The van der Waals surface area contributed by atoms with Crippen LogP contribution in [0.2, 0.25) is 0 Å². The Bertz CT molecular complexity index is 865. The predicted molar refractivity (Wildman–Crippen MR) is 102 cm³/mol. The second kappa shape index (κ2) is 8.22. The van der Waals surface area contributed by atoms with Gasteiger partial charge in [-0.2, -0.15) is 0 Å². The number of carbonyl (C=O) groups is 2. The van der Waals surface area contributed by atoms with Crippen molar-refractivity contribution in [3.63, 3.8) is 0 Å². The third kappa shape index (κ3) is 3.99. The smallest absolute Gasteiger partial charge is 0.423 e. The minimum atomic E-state index is -1.82. The average Bonchev–Trinajstić information content (AvgIpc) is 3.17. The molecule has 2 aromatic rings. The number of halogens is 1. The van der Waals surface area contributed by atoms with Crippen LogP contribution in [0.3, 0.4) is 0 Å². The van der Waals surface area contributed by atoms with E-state index in [1.54, 1.807) is 0 Å².